The van der Waals surface area contributed by atoms with Crippen LogP contribution >= 0.6 is 0 Å². The van der Waals surface area contributed by atoms with Crippen LogP contribution in [0, 0.1) is 22.7 Å². The zero-order valence-electron chi connectivity index (χ0n) is 11.5. The van der Waals surface area contributed by atoms with E-state index in [1.54, 1.807) is 7.11 Å². The topological polar surface area (TPSA) is 56.8 Å². The molecule has 0 radical (unpaired) electrons. The number of ether oxygens (including phenoxy) is 1. The quantitative estimate of drug-likeness (QED) is 0.745. The molecule has 0 heterocycles. The molecule has 0 aromatic heterocycles. The Bertz CT molecular complexity index is 756. The molecule has 3 rings (SSSR count). The number of hydrogen-bond donors (Lipinski definition) is 0. The summed E-state index contributed by atoms with van der Waals surface area (Å²) in [7, 11) is 1.67. The largest absolute Gasteiger partial charge is 0.372 e. The Balaban J connectivity index is 2.43. The van der Waals surface area contributed by atoms with E-state index in [1.807, 2.05) is 60.7 Å². The van der Waals surface area contributed by atoms with Gasteiger partial charge in [0.2, 0.25) is 0 Å². The normalized spacial score (nSPS) is 15.4. The summed E-state index contributed by atoms with van der Waals surface area (Å²) in [5.41, 5.74) is 4.57. The van der Waals surface area contributed by atoms with E-state index in [1.165, 1.54) is 0 Å². The van der Waals surface area contributed by atoms with E-state index in [9.17, 15) is 10.5 Å². The highest BCUT2D eigenvalue weighted by molar-refractivity contribution is 5.91. The molecule has 0 amide bonds. The van der Waals surface area contributed by atoms with Crippen LogP contribution in [0.25, 0.3) is 5.57 Å². The van der Waals surface area contributed by atoms with Gasteiger partial charge in [0.1, 0.15) is 23.8 Å². The third-order valence-corrected chi connectivity index (χ3v) is 3.73. The van der Waals surface area contributed by atoms with Crippen LogP contribution in [-0.2, 0) is 4.74 Å². The molecule has 0 bridgehead atoms. The summed E-state index contributed by atoms with van der Waals surface area (Å²) < 4.78 is 5.65. The Labute approximate surface area is 123 Å². The molecule has 3 heteroatoms. The summed E-state index contributed by atoms with van der Waals surface area (Å²) >= 11 is 0. The van der Waals surface area contributed by atoms with Gasteiger partial charge in [0.25, 0.3) is 0 Å². The average molecular weight is 272 g/mol. The fraction of sp³-hybridized carbons (Fsp3) is 0.111. The minimum absolute atomic E-state index is 0.129. The van der Waals surface area contributed by atoms with Crippen LogP contribution in [0.2, 0.25) is 0 Å². The molecular formula is C18H12N2O. The number of methoxy groups -OCH3 is 1. The molecule has 100 valence electrons. The third-order valence-electron chi connectivity index (χ3n) is 3.73. The molecule has 0 unspecified atom stereocenters. The third kappa shape index (κ3) is 1.92. The first kappa shape index (κ1) is 13.1. The van der Waals surface area contributed by atoms with Crippen LogP contribution in [0.15, 0.2) is 54.1 Å². The number of hydrogen-bond acceptors (Lipinski definition) is 3. The first-order valence-electron chi connectivity index (χ1n) is 6.57. The smallest absolute Gasteiger partial charge is 0.138 e. The molecule has 0 atom stereocenters. The second kappa shape index (κ2) is 5.25. The minimum Gasteiger partial charge on any atom is -0.372 e. The zero-order valence-corrected chi connectivity index (χ0v) is 11.5. The van der Waals surface area contributed by atoms with Gasteiger partial charge >= 0.3 is 0 Å². The van der Waals surface area contributed by atoms with Gasteiger partial charge in [-0.1, -0.05) is 48.5 Å². The van der Waals surface area contributed by atoms with Gasteiger partial charge in [-0.15, -0.1) is 0 Å². The highest BCUT2D eigenvalue weighted by Gasteiger charge is 2.30. The number of allylic oxidation sites excluding steroid dienone is 1. The maximum absolute atomic E-state index is 9.29. The standard InChI is InChI=1S/C18H12N2O/c1-21-18-15-8-4-2-6-13(15)17(12(10-19)11-20)14-7-3-5-9-16(14)18/h2-9,18H,1H3. The van der Waals surface area contributed by atoms with E-state index in [2.05, 4.69) is 0 Å². The van der Waals surface area contributed by atoms with Crippen molar-refractivity contribution < 1.29 is 4.74 Å². The SMILES string of the molecule is COC1c2ccccc2C(=C(C#N)C#N)c2ccccc21. The van der Waals surface area contributed by atoms with Gasteiger partial charge in [0.05, 0.1) is 0 Å². The van der Waals surface area contributed by atoms with Crippen LogP contribution in [0.3, 0.4) is 0 Å². The molecule has 21 heavy (non-hydrogen) atoms. The van der Waals surface area contributed by atoms with Crippen molar-refractivity contribution in [3.63, 3.8) is 0 Å². The van der Waals surface area contributed by atoms with Gasteiger partial charge in [0, 0.05) is 12.7 Å². The predicted octanol–water partition coefficient (Wildman–Crippen LogP) is 3.58. The van der Waals surface area contributed by atoms with Crippen LogP contribution < -0.4 is 0 Å². The van der Waals surface area contributed by atoms with Crippen molar-refractivity contribution in [3.05, 3.63) is 76.4 Å². The van der Waals surface area contributed by atoms with Gasteiger partial charge < -0.3 is 4.74 Å². The Morgan fingerprint density at radius 2 is 1.38 bits per heavy atom. The molecule has 0 aliphatic heterocycles. The fourth-order valence-electron chi connectivity index (χ4n) is 2.88. The van der Waals surface area contributed by atoms with Crippen molar-refractivity contribution in [3.8, 4) is 12.1 Å². The van der Waals surface area contributed by atoms with E-state index in [0.29, 0.717) is 5.57 Å². The lowest BCUT2D eigenvalue weighted by molar-refractivity contribution is 0.135. The highest BCUT2D eigenvalue weighted by Crippen LogP contribution is 2.43. The maximum Gasteiger partial charge on any atom is 0.138 e. The lowest BCUT2D eigenvalue weighted by Crippen LogP contribution is -2.15. The van der Waals surface area contributed by atoms with Crippen LogP contribution in [-0.4, -0.2) is 7.11 Å². The molecule has 1 aliphatic rings. The Kier molecular flexibility index (Phi) is 3.28. The van der Waals surface area contributed by atoms with Crippen molar-refractivity contribution in [1.29, 1.82) is 10.5 Å². The van der Waals surface area contributed by atoms with Gasteiger partial charge in [0.15, 0.2) is 0 Å². The second-order valence-electron chi connectivity index (χ2n) is 4.76. The van der Waals surface area contributed by atoms with Crippen molar-refractivity contribution in [2.45, 2.75) is 6.10 Å². The molecule has 0 spiro atoms. The molecular weight excluding hydrogens is 260 g/mol. The number of nitriles is 2. The van der Waals surface area contributed by atoms with E-state index < -0.39 is 0 Å². The maximum atomic E-state index is 9.29. The number of nitrogens with zero attached hydrogens (tertiary/aromatic N) is 2. The van der Waals surface area contributed by atoms with Gasteiger partial charge in [-0.05, 0) is 22.3 Å². The zero-order chi connectivity index (χ0) is 14.8. The molecule has 0 saturated carbocycles. The lowest BCUT2D eigenvalue weighted by Gasteiger charge is -2.29. The molecule has 3 nitrogen and oxygen atoms in total. The van der Waals surface area contributed by atoms with Gasteiger partial charge in [-0.3, -0.25) is 0 Å². The average Bonchev–Trinajstić information content (AvgIpc) is 2.55. The minimum atomic E-state index is -0.181. The van der Waals surface area contributed by atoms with Crippen molar-refractivity contribution >= 4 is 5.57 Å². The molecule has 1 aliphatic carbocycles. The summed E-state index contributed by atoms with van der Waals surface area (Å²) in [5.74, 6) is 0. The summed E-state index contributed by atoms with van der Waals surface area (Å²) in [6.45, 7) is 0. The van der Waals surface area contributed by atoms with E-state index in [4.69, 9.17) is 4.74 Å². The molecule has 0 N–H and O–H groups in total. The summed E-state index contributed by atoms with van der Waals surface area (Å²) in [6.07, 6.45) is -0.181. The first-order valence-corrected chi connectivity index (χ1v) is 6.57. The van der Waals surface area contributed by atoms with E-state index >= 15 is 0 Å². The number of benzene rings is 2. The number of fused-ring (bicyclic) bond motifs is 2. The Morgan fingerprint density at radius 1 is 0.905 bits per heavy atom. The molecule has 0 fully saturated rings. The Morgan fingerprint density at radius 3 is 1.81 bits per heavy atom. The van der Waals surface area contributed by atoms with Crippen molar-refractivity contribution in [2.24, 2.45) is 0 Å². The summed E-state index contributed by atoms with van der Waals surface area (Å²) in [4.78, 5) is 0. The fourth-order valence-corrected chi connectivity index (χ4v) is 2.88. The predicted molar refractivity (Wildman–Crippen MR) is 79.0 cm³/mol. The number of rotatable bonds is 1. The molecule has 0 saturated heterocycles. The summed E-state index contributed by atoms with van der Waals surface area (Å²) in [6, 6.07) is 19.5. The van der Waals surface area contributed by atoms with Crippen LogP contribution in [0.1, 0.15) is 28.4 Å². The molecule has 2 aromatic rings. The summed E-state index contributed by atoms with van der Waals surface area (Å²) in [5, 5.41) is 18.6. The van der Waals surface area contributed by atoms with Crippen LogP contribution in [0.5, 0.6) is 0 Å². The van der Waals surface area contributed by atoms with Crippen molar-refractivity contribution in [1.82, 2.24) is 0 Å². The highest BCUT2D eigenvalue weighted by atomic mass is 16.5. The second-order valence-corrected chi connectivity index (χ2v) is 4.76. The molecule has 2 aromatic carbocycles. The lowest BCUT2D eigenvalue weighted by atomic mass is 9.78. The van der Waals surface area contributed by atoms with Gasteiger partial charge in [-0.2, -0.15) is 10.5 Å². The van der Waals surface area contributed by atoms with Crippen LogP contribution in [0.4, 0.5) is 0 Å². The first-order chi connectivity index (χ1) is 10.3. The van der Waals surface area contributed by atoms with Gasteiger partial charge in [-0.25, -0.2) is 0 Å². The monoisotopic (exact) mass is 272 g/mol. The Hall–Kier alpha value is -2.88. The van der Waals surface area contributed by atoms with Crippen molar-refractivity contribution in [2.75, 3.05) is 7.11 Å². The van der Waals surface area contributed by atoms with E-state index in [0.717, 1.165) is 22.3 Å². The van der Waals surface area contributed by atoms with E-state index in [-0.39, 0.29) is 11.7 Å².